The van der Waals surface area contributed by atoms with Crippen LogP contribution in [0.3, 0.4) is 0 Å². The molecule has 128 valence electrons. The van der Waals surface area contributed by atoms with Crippen molar-refractivity contribution < 1.29 is 8.42 Å². The first-order valence-electron chi connectivity index (χ1n) is 8.50. The number of aryl methyl sites for hydroxylation is 1. The summed E-state index contributed by atoms with van der Waals surface area (Å²) in [5.74, 6) is 0. The van der Waals surface area contributed by atoms with Gasteiger partial charge in [0.2, 0.25) is 0 Å². The zero-order valence-electron chi connectivity index (χ0n) is 14.4. The van der Waals surface area contributed by atoms with E-state index < -0.39 is 14.6 Å². The fraction of sp³-hybridized carbons (Fsp3) is 0.400. The van der Waals surface area contributed by atoms with Crippen LogP contribution in [0.2, 0.25) is 0 Å². The lowest BCUT2D eigenvalue weighted by Crippen LogP contribution is -2.41. The fourth-order valence-corrected chi connectivity index (χ4v) is 6.01. The van der Waals surface area contributed by atoms with E-state index in [-0.39, 0.29) is 0 Å². The van der Waals surface area contributed by atoms with Crippen molar-refractivity contribution in [2.75, 3.05) is 20.6 Å². The second kappa shape index (κ2) is 6.69. The highest BCUT2D eigenvalue weighted by atomic mass is 32.2. The van der Waals surface area contributed by atoms with Gasteiger partial charge in [-0.2, -0.15) is 0 Å². The van der Waals surface area contributed by atoms with E-state index in [1.807, 2.05) is 38.4 Å². The van der Waals surface area contributed by atoms with Gasteiger partial charge in [-0.15, -0.1) is 0 Å². The van der Waals surface area contributed by atoms with Gasteiger partial charge in [0.25, 0.3) is 0 Å². The SMILES string of the molecule is CN(C)CCC1(S(=O)(=O)c2ccccc2)CCCc2ccccc21. The van der Waals surface area contributed by atoms with Crippen molar-refractivity contribution in [3.8, 4) is 0 Å². The van der Waals surface area contributed by atoms with Gasteiger partial charge in [-0.1, -0.05) is 42.5 Å². The third-order valence-corrected chi connectivity index (χ3v) is 7.62. The monoisotopic (exact) mass is 343 g/mol. The number of nitrogens with zero attached hydrogens (tertiary/aromatic N) is 1. The predicted molar refractivity (Wildman–Crippen MR) is 97.9 cm³/mol. The first kappa shape index (κ1) is 17.2. The summed E-state index contributed by atoms with van der Waals surface area (Å²) in [5, 5.41) is 0. The highest BCUT2D eigenvalue weighted by Gasteiger charge is 2.48. The van der Waals surface area contributed by atoms with Crippen molar-refractivity contribution in [3.63, 3.8) is 0 Å². The van der Waals surface area contributed by atoms with E-state index in [2.05, 4.69) is 11.0 Å². The molecule has 1 unspecified atom stereocenters. The van der Waals surface area contributed by atoms with Gasteiger partial charge in [0, 0.05) is 0 Å². The molecule has 1 aliphatic carbocycles. The molecule has 0 amide bonds. The molecule has 2 aromatic rings. The minimum Gasteiger partial charge on any atom is -0.309 e. The van der Waals surface area contributed by atoms with Crippen LogP contribution in [-0.4, -0.2) is 34.0 Å². The summed E-state index contributed by atoms with van der Waals surface area (Å²) in [6.07, 6.45) is 3.18. The van der Waals surface area contributed by atoms with Gasteiger partial charge >= 0.3 is 0 Å². The highest BCUT2D eigenvalue weighted by molar-refractivity contribution is 7.92. The molecule has 0 N–H and O–H groups in total. The summed E-state index contributed by atoms with van der Waals surface area (Å²) < 4.78 is 26.5. The summed E-state index contributed by atoms with van der Waals surface area (Å²) >= 11 is 0. The average molecular weight is 343 g/mol. The standard InChI is InChI=1S/C20H25NO2S/c1-21(2)16-15-20(24(22,23)18-11-4-3-5-12-18)14-8-10-17-9-6-7-13-19(17)20/h3-7,9,11-13H,8,10,14-16H2,1-2H3. The van der Waals surface area contributed by atoms with Crippen LogP contribution in [0.4, 0.5) is 0 Å². The third-order valence-electron chi connectivity index (χ3n) is 5.07. The number of hydrogen-bond acceptors (Lipinski definition) is 3. The largest absolute Gasteiger partial charge is 0.309 e. The van der Waals surface area contributed by atoms with Crippen LogP contribution in [0.5, 0.6) is 0 Å². The Kier molecular flexibility index (Phi) is 4.79. The lowest BCUT2D eigenvalue weighted by Gasteiger charge is -2.39. The number of hydrogen-bond donors (Lipinski definition) is 0. The third kappa shape index (κ3) is 2.89. The van der Waals surface area contributed by atoms with E-state index in [0.717, 1.165) is 24.9 Å². The molecule has 0 radical (unpaired) electrons. The maximum atomic E-state index is 13.7. The van der Waals surface area contributed by atoms with Crippen molar-refractivity contribution in [1.82, 2.24) is 4.90 Å². The number of sulfone groups is 1. The Morgan fingerprint density at radius 3 is 2.38 bits per heavy atom. The Bertz CT molecular complexity index is 799. The maximum Gasteiger partial charge on any atom is 0.188 e. The molecule has 0 saturated heterocycles. The van der Waals surface area contributed by atoms with Gasteiger partial charge in [0.05, 0.1) is 4.90 Å². The molecule has 0 heterocycles. The quantitative estimate of drug-likeness (QED) is 0.832. The topological polar surface area (TPSA) is 37.4 Å². The molecule has 0 fully saturated rings. The zero-order chi connectivity index (χ0) is 17.2. The average Bonchev–Trinajstić information content (AvgIpc) is 2.60. The molecule has 1 aliphatic rings. The first-order chi connectivity index (χ1) is 11.5. The van der Waals surface area contributed by atoms with Crippen molar-refractivity contribution in [1.29, 1.82) is 0 Å². The molecular formula is C20H25NO2S. The van der Waals surface area contributed by atoms with Gasteiger partial charge in [-0.25, -0.2) is 8.42 Å². The summed E-state index contributed by atoms with van der Waals surface area (Å²) in [6.45, 7) is 0.750. The highest BCUT2D eigenvalue weighted by Crippen LogP contribution is 2.47. The molecule has 0 saturated carbocycles. The molecule has 3 nitrogen and oxygen atoms in total. The van der Waals surface area contributed by atoms with E-state index in [1.165, 1.54) is 5.56 Å². The first-order valence-corrected chi connectivity index (χ1v) is 9.98. The van der Waals surface area contributed by atoms with Crippen molar-refractivity contribution in [3.05, 3.63) is 65.7 Å². The minimum atomic E-state index is -3.46. The van der Waals surface area contributed by atoms with Crippen LogP contribution >= 0.6 is 0 Å². The van der Waals surface area contributed by atoms with Crippen LogP contribution in [0, 0.1) is 0 Å². The van der Waals surface area contributed by atoms with Crippen molar-refractivity contribution in [2.45, 2.75) is 35.3 Å². The van der Waals surface area contributed by atoms with Gasteiger partial charge < -0.3 is 4.90 Å². The van der Waals surface area contributed by atoms with Crippen molar-refractivity contribution in [2.24, 2.45) is 0 Å². The molecular weight excluding hydrogens is 318 g/mol. The van der Waals surface area contributed by atoms with Crippen molar-refractivity contribution >= 4 is 9.84 Å². The van der Waals surface area contributed by atoms with Crippen LogP contribution in [0.25, 0.3) is 0 Å². The Labute approximate surface area is 145 Å². The molecule has 2 aromatic carbocycles. The van der Waals surface area contributed by atoms with Crippen LogP contribution in [-0.2, 0) is 21.0 Å². The minimum absolute atomic E-state index is 0.431. The van der Waals surface area contributed by atoms with E-state index in [4.69, 9.17) is 0 Å². The Hall–Kier alpha value is -1.65. The number of fused-ring (bicyclic) bond motifs is 1. The Morgan fingerprint density at radius 1 is 1.00 bits per heavy atom. The molecule has 0 aliphatic heterocycles. The van der Waals surface area contributed by atoms with Crippen LogP contribution in [0.15, 0.2) is 59.5 Å². The van der Waals surface area contributed by atoms with E-state index in [9.17, 15) is 8.42 Å². The van der Waals surface area contributed by atoms with Gasteiger partial charge in [0.15, 0.2) is 9.84 Å². The Balaban J connectivity index is 2.18. The number of rotatable bonds is 5. The van der Waals surface area contributed by atoms with Gasteiger partial charge in [0.1, 0.15) is 4.75 Å². The second-order valence-corrected chi connectivity index (χ2v) is 9.13. The molecule has 4 heteroatoms. The molecule has 3 rings (SSSR count). The molecule has 0 bridgehead atoms. The Morgan fingerprint density at radius 2 is 1.67 bits per heavy atom. The fourth-order valence-electron chi connectivity index (χ4n) is 3.78. The lowest BCUT2D eigenvalue weighted by molar-refractivity contribution is 0.340. The summed E-state index contributed by atoms with van der Waals surface area (Å²) in [6, 6.07) is 17.0. The van der Waals surface area contributed by atoms with Gasteiger partial charge in [-0.05, 0) is 69.6 Å². The lowest BCUT2D eigenvalue weighted by atomic mass is 9.80. The van der Waals surface area contributed by atoms with Gasteiger partial charge in [-0.3, -0.25) is 0 Å². The molecule has 0 spiro atoms. The number of benzene rings is 2. The molecule has 24 heavy (non-hydrogen) atoms. The van der Waals surface area contributed by atoms with E-state index in [1.54, 1.807) is 24.3 Å². The van der Waals surface area contributed by atoms with E-state index >= 15 is 0 Å². The maximum absolute atomic E-state index is 13.7. The second-order valence-electron chi connectivity index (χ2n) is 6.87. The smallest absolute Gasteiger partial charge is 0.188 e. The summed E-state index contributed by atoms with van der Waals surface area (Å²) in [5.41, 5.74) is 2.18. The zero-order valence-corrected chi connectivity index (χ0v) is 15.2. The molecule has 1 atom stereocenters. The molecule has 0 aromatic heterocycles. The summed E-state index contributed by atoms with van der Waals surface area (Å²) in [7, 11) is 0.536. The normalized spacial score (nSPS) is 20.8. The van der Waals surface area contributed by atoms with Crippen LogP contribution < -0.4 is 0 Å². The van der Waals surface area contributed by atoms with Crippen LogP contribution in [0.1, 0.15) is 30.4 Å². The van der Waals surface area contributed by atoms with E-state index in [0.29, 0.717) is 17.7 Å². The summed E-state index contributed by atoms with van der Waals surface area (Å²) in [4.78, 5) is 2.50. The predicted octanol–water partition coefficient (Wildman–Crippen LogP) is 3.64.